The predicted octanol–water partition coefficient (Wildman–Crippen LogP) is 2.28. The number of carboxylic acid groups (broad SMARTS) is 1. The molecule has 0 amide bonds. The Labute approximate surface area is 107 Å². The lowest BCUT2D eigenvalue weighted by molar-refractivity contribution is -0.137. The van der Waals surface area contributed by atoms with Crippen molar-refractivity contribution in [3.63, 3.8) is 0 Å². The van der Waals surface area contributed by atoms with E-state index in [0.29, 0.717) is 10.8 Å². The van der Waals surface area contributed by atoms with Gasteiger partial charge >= 0.3 is 5.97 Å². The molecular formula is C11H9ClFN3O2. The number of aliphatic carboxylic acids is 1. The molecule has 0 atom stereocenters. The third-order valence-corrected chi connectivity index (χ3v) is 2.51. The smallest absolute Gasteiger partial charge is 0.303 e. The molecule has 0 aliphatic carbocycles. The van der Waals surface area contributed by atoms with Crippen molar-refractivity contribution in [2.45, 2.75) is 12.8 Å². The topological polar surface area (TPSA) is 78.9 Å². The maximum Gasteiger partial charge on any atom is 0.303 e. The highest BCUT2D eigenvalue weighted by atomic mass is 35.5. The molecule has 0 radical (unpaired) electrons. The molecule has 0 saturated carbocycles. The average Bonchev–Trinajstić information content (AvgIpc) is 2.78. The van der Waals surface area contributed by atoms with E-state index in [1.54, 1.807) is 0 Å². The number of carboxylic acids is 1. The minimum atomic E-state index is -0.929. The van der Waals surface area contributed by atoms with Crippen LogP contribution in [0.3, 0.4) is 0 Å². The minimum absolute atomic E-state index is 0.0628. The number of benzene rings is 1. The fraction of sp³-hybridized carbons (Fsp3) is 0.182. The van der Waals surface area contributed by atoms with E-state index in [-0.39, 0.29) is 24.2 Å². The molecule has 18 heavy (non-hydrogen) atoms. The standard InChI is InChI=1S/C11H9ClFN3O2/c12-6-1-2-8(13)7(5-6)11-14-9(15-16-11)3-4-10(17)18/h1-2,5H,3-4H2,(H,17,18)(H,14,15,16). The summed E-state index contributed by atoms with van der Waals surface area (Å²) in [5.74, 6) is -0.854. The lowest BCUT2D eigenvalue weighted by Crippen LogP contribution is -1.98. The van der Waals surface area contributed by atoms with E-state index in [1.165, 1.54) is 18.2 Å². The number of rotatable bonds is 4. The van der Waals surface area contributed by atoms with Crippen LogP contribution in [0.25, 0.3) is 11.4 Å². The molecule has 0 unspecified atom stereocenters. The molecule has 2 aromatic rings. The molecule has 5 nitrogen and oxygen atoms in total. The Kier molecular flexibility index (Phi) is 3.57. The molecule has 1 heterocycles. The zero-order valence-corrected chi connectivity index (χ0v) is 9.91. The number of H-pyrrole nitrogens is 1. The van der Waals surface area contributed by atoms with Crippen LogP contribution in [-0.4, -0.2) is 26.3 Å². The SMILES string of the molecule is O=C(O)CCc1nc(-c2cc(Cl)ccc2F)n[nH]1. The van der Waals surface area contributed by atoms with Gasteiger partial charge in [-0.3, -0.25) is 9.89 Å². The zero-order chi connectivity index (χ0) is 13.1. The molecule has 94 valence electrons. The largest absolute Gasteiger partial charge is 0.481 e. The molecule has 7 heteroatoms. The lowest BCUT2D eigenvalue weighted by Gasteiger charge is -1.98. The summed E-state index contributed by atoms with van der Waals surface area (Å²) in [6.45, 7) is 0. The Morgan fingerprint density at radius 2 is 2.28 bits per heavy atom. The monoisotopic (exact) mass is 269 g/mol. The van der Waals surface area contributed by atoms with Crippen LogP contribution in [0, 0.1) is 5.82 Å². The summed E-state index contributed by atoms with van der Waals surface area (Å²) in [7, 11) is 0. The number of nitrogens with zero attached hydrogens (tertiary/aromatic N) is 2. The molecule has 0 aliphatic heterocycles. The Morgan fingerprint density at radius 1 is 1.50 bits per heavy atom. The first kappa shape index (κ1) is 12.5. The van der Waals surface area contributed by atoms with Crippen LogP contribution in [-0.2, 0) is 11.2 Å². The number of halogens is 2. The maximum absolute atomic E-state index is 13.5. The highest BCUT2D eigenvalue weighted by molar-refractivity contribution is 6.30. The lowest BCUT2D eigenvalue weighted by atomic mass is 10.2. The summed E-state index contributed by atoms with van der Waals surface area (Å²) in [5.41, 5.74) is 0.181. The van der Waals surface area contributed by atoms with Gasteiger partial charge in [0.15, 0.2) is 5.82 Å². The van der Waals surface area contributed by atoms with Gasteiger partial charge in [0.25, 0.3) is 0 Å². The molecule has 1 aromatic heterocycles. The van der Waals surface area contributed by atoms with Crippen molar-refractivity contribution in [1.82, 2.24) is 15.2 Å². The predicted molar refractivity (Wildman–Crippen MR) is 62.7 cm³/mol. The molecule has 0 bridgehead atoms. The van der Waals surface area contributed by atoms with E-state index in [0.717, 1.165) is 0 Å². The Hall–Kier alpha value is -1.95. The Morgan fingerprint density at radius 3 is 3.00 bits per heavy atom. The van der Waals surface area contributed by atoms with Crippen molar-refractivity contribution in [1.29, 1.82) is 0 Å². The van der Waals surface area contributed by atoms with Gasteiger partial charge in [0, 0.05) is 11.4 Å². The van der Waals surface area contributed by atoms with Crippen molar-refractivity contribution in [2.75, 3.05) is 0 Å². The van der Waals surface area contributed by atoms with Crippen molar-refractivity contribution >= 4 is 17.6 Å². The number of aromatic amines is 1. The number of hydrogen-bond acceptors (Lipinski definition) is 3. The molecular weight excluding hydrogens is 261 g/mol. The third kappa shape index (κ3) is 2.84. The van der Waals surface area contributed by atoms with Crippen LogP contribution in [0.15, 0.2) is 18.2 Å². The number of carbonyl (C=O) groups is 1. The molecule has 0 aliphatic rings. The van der Waals surface area contributed by atoms with Gasteiger partial charge < -0.3 is 5.11 Å². The van der Waals surface area contributed by atoms with Gasteiger partial charge in [-0.15, -0.1) is 0 Å². The summed E-state index contributed by atoms with van der Waals surface area (Å²) >= 11 is 5.77. The van der Waals surface area contributed by atoms with E-state index in [2.05, 4.69) is 15.2 Å². The first-order valence-electron chi connectivity index (χ1n) is 5.15. The number of nitrogens with one attached hydrogen (secondary N) is 1. The van der Waals surface area contributed by atoms with E-state index in [4.69, 9.17) is 16.7 Å². The Balaban J connectivity index is 2.23. The van der Waals surface area contributed by atoms with Crippen LogP contribution < -0.4 is 0 Å². The van der Waals surface area contributed by atoms with Crippen molar-refractivity contribution in [2.24, 2.45) is 0 Å². The van der Waals surface area contributed by atoms with Crippen molar-refractivity contribution < 1.29 is 14.3 Å². The summed E-state index contributed by atoms with van der Waals surface area (Å²) < 4.78 is 13.5. The third-order valence-electron chi connectivity index (χ3n) is 2.28. The average molecular weight is 270 g/mol. The molecule has 0 fully saturated rings. The van der Waals surface area contributed by atoms with Gasteiger partial charge in [0.1, 0.15) is 11.6 Å². The summed E-state index contributed by atoms with van der Waals surface area (Å²) in [6, 6.07) is 4.07. The quantitative estimate of drug-likeness (QED) is 0.892. The normalized spacial score (nSPS) is 10.6. The minimum Gasteiger partial charge on any atom is -0.481 e. The summed E-state index contributed by atoms with van der Waals surface area (Å²) in [4.78, 5) is 14.4. The van der Waals surface area contributed by atoms with Gasteiger partial charge in [-0.2, -0.15) is 5.10 Å². The highest BCUT2D eigenvalue weighted by Crippen LogP contribution is 2.23. The highest BCUT2D eigenvalue weighted by Gasteiger charge is 2.12. The van der Waals surface area contributed by atoms with E-state index in [9.17, 15) is 9.18 Å². The van der Waals surface area contributed by atoms with Crippen molar-refractivity contribution in [3.05, 3.63) is 34.9 Å². The molecule has 0 spiro atoms. The maximum atomic E-state index is 13.5. The van der Waals surface area contributed by atoms with Crippen LogP contribution in [0.4, 0.5) is 4.39 Å². The number of aryl methyl sites for hydroxylation is 1. The number of hydrogen-bond donors (Lipinski definition) is 2. The van der Waals surface area contributed by atoms with E-state index >= 15 is 0 Å². The van der Waals surface area contributed by atoms with E-state index in [1.807, 2.05) is 0 Å². The van der Waals surface area contributed by atoms with Crippen LogP contribution in [0.1, 0.15) is 12.2 Å². The molecule has 2 rings (SSSR count). The zero-order valence-electron chi connectivity index (χ0n) is 9.15. The van der Waals surface area contributed by atoms with Gasteiger partial charge in [-0.1, -0.05) is 11.6 Å². The number of aromatic nitrogens is 3. The summed E-state index contributed by atoms with van der Waals surface area (Å²) in [5, 5.41) is 15.3. The van der Waals surface area contributed by atoms with Gasteiger partial charge in [0.2, 0.25) is 0 Å². The second-order valence-electron chi connectivity index (χ2n) is 3.62. The van der Waals surface area contributed by atoms with Crippen LogP contribution in [0.5, 0.6) is 0 Å². The Bertz CT molecular complexity index is 585. The first-order chi connectivity index (χ1) is 8.56. The van der Waals surface area contributed by atoms with Gasteiger partial charge in [0.05, 0.1) is 12.0 Å². The molecule has 2 N–H and O–H groups in total. The second-order valence-corrected chi connectivity index (χ2v) is 4.06. The van der Waals surface area contributed by atoms with Crippen LogP contribution >= 0.6 is 11.6 Å². The molecule has 1 aromatic carbocycles. The second kappa shape index (κ2) is 5.14. The summed E-state index contributed by atoms with van der Waals surface area (Å²) in [6.07, 6.45) is 0.150. The van der Waals surface area contributed by atoms with Crippen LogP contribution in [0.2, 0.25) is 5.02 Å². The molecule has 0 saturated heterocycles. The van der Waals surface area contributed by atoms with E-state index < -0.39 is 11.8 Å². The fourth-order valence-electron chi connectivity index (χ4n) is 1.42. The van der Waals surface area contributed by atoms with Crippen molar-refractivity contribution in [3.8, 4) is 11.4 Å². The fourth-order valence-corrected chi connectivity index (χ4v) is 1.59. The first-order valence-corrected chi connectivity index (χ1v) is 5.52. The van der Waals surface area contributed by atoms with Gasteiger partial charge in [-0.25, -0.2) is 9.37 Å². The van der Waals surface area contributed by atoms with Gasteiger partial charge in [-0.05, 0) is 18.2 Å².